The highest BCUT2D eigenvalue weighted by molar-refractivity contribution is 9.10. The van der Waals surface area contributed by atoms with Crippen molar-refractivity contribution in [1.29, 1.82) is 0 Å². The second-order valence-electron chi connectivity index (χ2n) is 5.37. The highest BCUT2D eigenvalue weighted by Crippen LogP contribution is 2.26. The van der Waals surface area contributed by atoms with Crippen LogP contribution in [0.4, 0.5) is 17.3 Å². The average Bonchev–Trinajstić information content (AvgIpc) is 2.51. The van der Waals surface area contributed by atoms with Crippen LogP contribution < -0.4 is 10.6 Å². The third kappa shape index (κ3) is 3.94. The SMILES string of the molecule is Brc1ccccc1Nc1cc(NC2CCCCC2)ncn1. The zero-order chi connectivity index (χ0) is 14.5. The van der Waals surface area contributed by atoms with Crippen molar-refractivity contribution in [2.24, 2.45) is 0 Å². The van der Waals surface area contributed by atoms with Crippen LogP contribution in [0.25, 0.3) is 0 Å². The Kier molecular flexibility index (Phi) is 4.70. The second-order valence-corrected chi connectivity index (χ2v) is 6.23. The van der Waals surface area contributed by atoms with Gasteiger partial charge in [-0.05, 0) is 40.9 Å². The lowest BCUT2D eigenvalue weighted by molar-refractivity contribution is 0.462. The molecule has 2 N–H and O–H groups in total. The lowest BCUT2D eigenvalue weighted by atomic mass is 9.95. The number of nitrogens with zero attached hydrogens (tertiary/aromatic N) is 2. The van der Waals surface area contributed by atoms with E-state index in [0.717, 1.165) is 21.8 Å². The Morgan fingerprint density at radius 2 is 1.76 bits per heavy atom. The molecule has 0 aliphatic heterocycles. The van der Waals surface area contributed by atoms with Crippen molar-refractivity contribution >= 4 is 33.3 Å². The standard InChI is InChI=1S/C16H19BrN4/c17-13-8-4-5-9-14(13)21-16-10-15(18-11-19-16)20-12-6-2-1-3-7-12/h4-5,8-12H,1-3,6-7H2,(H2,18,19,20,21). The molecule has 21 heavy (non-hydrogen) atoms. The van der Waals surface area contributed by atoms with Gasteiger partial charge in [0.1, 0.15) is 18.0 Å². The van der Waals surface area contributed by atoms with Crippen molar-refractivity contribution < 1.29 is 0 Å². The van der Waals surface area contributed by atoms with Crippen LogP contribution >= 0.6 is 15.9 Å². The number of anilines is 3. The van der Waals surface area contributed by atoms with Gasteiger partial charge in [-0.25, -0.2) is 9.97 Å². The number of halogens is 1. The van der Waals surface area contributed by atoms with Crippen LogP contribution in [0.15, 0.2) is 41.1 Å². The molecule has 0 bridgehead atoms. The summed E-state index contributed by atoms with van der Waals surface area (Å²) in [6, 6.07) is 10.5. The van der Waals surface area contributed by atoms with Crippen LogP contribution in [0.5, 0.6) is 0 Å². The molecule has 1 fully saturated rings. The average molecular weight is 347 g/mol. The molecule has 110 valence electrons. The molecule has 3 rings (SSSR count). The van der Waals surface area contributed by atoms with E-state index < -0.39 is 0 Å². The van der Waals surface area contributed by atoms with Crippen molar-refractivity contribution in [3.8, 4) is 0 Å². The monoisotopic (exact) mass is 346 g/mol. The fraction of sp³-hybridized carbons (Fsp3) is 0.375. The van der Waals surface area contributed by atoms with Gasteiger partial charge in [-0.2, -0.15) is 0 Å². The summed E-state index contributed by atoms with van der Waals surface area (Å²) in [7, 11) is 0. The van der Waals surface area contributed by atoms with Gasteiger partial charge in [0.05, 0.1) is 5.69 Å². The Morgan fingerprint density at radius 3 is 2.57 bits per heavy atom. The number of aromatic nitrogens is 2. The van der Waals surface area contributed by atoms with Crippen molar-refractivity contribution in [2.45, 2.75) is 38.1 Å². The summed E-state index contributed by atoms with van der Waals surface area (Å²) in [6.45, 7) is 0. The summed E-state index contributed by atoms with van der Waals surface area (Å²) < 4.78 is 1.02. The van der Waals surface area contributed by atoms with E-state index in [2.05, 4.69) is 36.5 Å². The Balaban J connectivity index is 1.69. The fourth-order valence-electron chi connectivity index (χ4n) is 2.66. The third-order valence-electron chi connectivity index (χ3n) is 3.76. The molecule has 1 aliphatic carbocycles. The first-order chi connectivity index (χ1) is 10.3. The van der Waals surface area contributed by atoms with Crippen LogP contribution in [0, 0.1) is 0 Å². The predicted molar refractivity (Wildman–Crippen MR) is 90.0 cm³/mol. The Hall–Kier alpha value is -1.62. The van der Waals surface area contributed by atoms with Gasteiger partial charge in [0.15, 0.2) is 0 Å². The molecule has 0 radical (unpaired) electrons. The van der Waals surface area contributed by atoms with Crippen molar-refractivity contribution in [1.82, 2.24) is 9.97 Å². The highest BCUT2D eigenvalue weighted by Gasteiger charge is 2.13. The van der Waals surface area contributed by atoms with E-state index in [1.165, 1.54) is 32.1 Å². The molecule has 0 atom stereocenters. The fourth-order valence-corrected chi connectivity index (χ4v) is 3.05. The van der Waals surface area contributed by atoms with E-state index in [-0.39, 0.29) is 0 Å². The number of para-hydroxylation sites is 1. The second kappa shape index (κ2) is 6.89. The quantitative estimate of drug-likeness (QED) is 0.840. The molecule has 1 aromatic carbocycles. The lowest BCUT2D eigenvalue weighted by Crippen LogP contribution is -2.22. The summed E-state index contributed by atoms with van der Waals surface area (Å²) in [5, 5.41) is 6.83. The summed E-state index contributed by atoms with van der Waals surface area (Å²) in [5.74, 6) is 1.70. The summed E-state index contributed by atoms with van der Waals surface area (Å²) in [5.41, 5.74) is 1.000. The number of hydrogen-bond donors (Lipinski definition) is 2. The first kappa shape index (κ1) is 14.3. The number of benzene rings is 1. The van der Waals surface area contributed by atoms with E-state index in [1.807, 2.05) is 30.3 Å². The molecule has 2 aromatic rings. The van der Waals surface area contributed by atoms with Crippen LogP contribution in [0.2, 0.25) is 0 Å². The largest absolute Gasteiger partial charge is 0.367 e. The minimum absolute atomic E-state index is 0.546. The van der Waals surface area contributed by atoms with Gasteiger partial charge < -0.3 is 10.6 Å². The van der Waals surface area contributed by atoms with Gasteiger partial charge in [-0.1, -0.05) is 31.4 Å². The minimum Gasteiger partial charge on any atom is -0.367 e. The first-order valence-corrected chi connectivity index (χ1v) is 8.21. The molecular weight excluding hydrogens is 328 g/mol. The van der Waals surface area contributed by atoms with Crippen molar-refractivity contribution in [2.75, 3.05) is 10.6 Å². The van der Waals surface area contributed by atoms with Crippen LogP contribution in [0.1, 0.15) is 32.1 Å². The molecule has 0 unspecified atom stereocenters. The maximum Gasteiger partial charge on any atom is 0.135 e. The molecule has 0 spiro atoms. The van der Waals surface area contributed by atoms with E-state index >= 15 is 0 Å². The van der Waals surface area contributed by atoms with E-state index in [0.29, 0.717) is 6.04 Å². The Morgan fingerprint density at radius 1 is 1.00 bits per heavy atom. The molecule has 1 aliphatic rings. The van der Waals surface area contributed by atoms with Crippen molar-refractivity contribution in [3.63, 3.8) is 0 Å². The molecule has 1 heterocycles. The zero-order valence-corrected chi connectivity index (χ0v) is 13.4. The van der Waals surface area contributed by atoms with Gasteiger partial charge in [-0.3, -0.25) is 0 Å². The predicted octanol–water partition coefficient (Wildman–Crippen LogP) is 4.73. The first-order valence-electron chi connectivity index (χ1n) is 7.41. The van der Waals surface area contributed by atoms with Crippen molar-refractivity contribution in [3.05, 3.63) is 41.1 Å². The molecule has 0 saturated heterocycles. The minimum atomic E-state index is 0.546. The summed E-state index contributed by atoms with van der Waals surface area (Å²) in [6.07, 6.45) is 8.05. The Bertz CT molecular complexity index is 596. The molecular formula is C16H19BrN4. The number of nitrogens with one attached hydrogen (secondary N) is 2. The van der Waals surface area contributed by atoms with Gasteiger partial charge in [0.25, 0.3) is 0 Å². The number of rotatable bonds is 4. The topological polar surface area (TPSA) is 49.8 Å². The van der Waals surface area contributed by atoms with Gasteiger partial charge in [-0.15, -0.1) is 0 Å². The van der Waals surface area contributed by atoms with Gasteiger partial charge >= 0.3 is 0 Å². The smallest absolute Gasteiger partial charge is 0.135 e. The lowest BCUT2D eigenvalue weighted by Gasteiger charge is -2.23. The van der Waals surface area contributed by atoms with Crippen LogP contribution in [0.3, 0.4) is 0 Å². The van der Waals surface area contributed by atoms with E-state index in [1.54, 1.807) is 6.33 Å². The normalized spacial score (nSPS) is 15.7. The molecule has 1 aromatic heterocycles. The van der Waals surface area contributed by atoms with Crippen LogP contribution in [-0.4, -0.2) is 16.0 Å². The summed E-state index contributed by atoms with van der Waals surface area (Å²) in [4.78, 5) is 8.61. The highest BCUT2D eigenvalue weighted by atomic mass is 79.9. The molecule has 0 amide bonds. The molecule has 4 nitrogen and oxygen atoms in total. The number of hydrogen-bond acceptors (Lipinski definition) is 4. The third-order valence-corrected chi connectivity index (χ3v) is 4.45. The van der Waals surface area contributed by atoms with E-state index in [9.17, 15) is 0 Å². The van der Waals surface area contributed by atoms with Gasteiger partial charge in [0.2, 0.25) is 0 Å². The zero-order valence-electron chi connectivity index (χ0n) is 11.8. The Labute approximate surface area is 133 Å². The molecule has 1 saturated carbocycles. The van der Waals surface area contributed by atoms with Gasteiger partial charge in [0, 0.05) is 16.6 Å². The maximum absolute atomic E-state index is 4.32. The van der Waals surface area contributed by atoms with E-state index in [4.69, 9.17) is 0 Å². The summed E-state index contributed by atoms with van der Waals surface area (Å²) >= 11 is 3.53. The maximum atomic E-state index is 4.32. The van der Waals surface area contributed by atoms with Crippen LogP contribution in [-0.2, 0) is 0 Å². The molecule has 5 heteroatoms.